The predicted octanol–water partition coefficient (Wildman–Crippen LogP) is 4.14. The Balaban J connectivity index is 1.90. The van der Waals surface area contributed by atoms with Crippen LogP contribution in [-0.4, -0.2) is 5.38 Å². The fraction of sp³-hybridized carbons (Fsp3) is 0.818. The molecule has 0 aliphatic heterocycles. The molecule has 0 spiro atoms. The fourth-order valence-electron chi connectivity index (χ4n) is 1.46. The number of halogens is 1. The minimum Gasteiger partial charge on any atom is -0.123 e. The molecule has 0 aromatic carbocycles. The zero-order chi connectivity index (χ0) is 8.97. The summed E-state index contributed by atoms with van der Waals surface area (Å²) in [5, 5.41) is 0.468. The maximum absolute atomic E-state index is 6.17. The Morgan fingerprint density at radius 1 is 1.50 bits per heavy atom. The van der Waals surface area contributed by atoms with Gasteiger partial charge in [0.05, 0.1) is 0 Å². The first kappa shape index (κ1) is 10.1. The van der Waals surface area contributed by atoms with E-state index in [4.69, 9.17) is 11.6 Å². The normalized spacial score (nSPS) is 19.2. The molecule has 0 amide bonds. The van der Waals surface area contributed by atoms with Gasteiger partial charge < -0.3 is 0 Å². The van der Waals surface area contributed by atoms with Gasteiger partial charge in [0.1, 0.15) is 0 Å². The van der Waals surface area contributed by atoms with Crippen molar-refractivity contribution in [3.63, 3.8) is 0 Å². The molecule has 70 valence electrons. The van der Waals surface area contributed by atoms with Gasteiger partial charge in [-0.2, -0.15) is 0 Å². The van der Waals surface area contributed by atoms with Crippen molar-refractivity contribution in [2.75, 3.05) is 0 Å². The van der Waals surface area contributed by atoms with Crippen molar-refractivity contribution < 1.29 is 0 Å². The first-order valence-corrected chi connectivity index (χ1v) is 5.42. The topological polar surface area (TPSA) is 0 Å². The monoisotopic (exact) mass is 186 g/mol. The number of allylic oxidation sites excluding steroid dienone is 1. The van der Waals surface area contributed by atoms with Gasteiger partial charge in [0.25, 0.3) is 0 Å². The van der Waals surface area contributed by atoms with E-state index in [1.54, 1.807) is 0 Å². The van der Waals surface area contributed by atoms with Crippen LogP contribution in [0.15, 0.2) is 12.2 Å². The van der Waals surface area contributed by atoms with Crippen LogP contribution in [0.2, 0.25) is 0 Å². The van der Waals surface area contributed by atoms with Gasteiger partial charge in [-0.15, -0.1) is 18.2 Å². The zero-order valence-electron chi connectivity index (χ0n) is 7.98. The van der Waals surface area contributed by atoms with Crippen molar-refractivity contribution in [3.05, 3.63) is 12.2 Å². The molecule has 1 fully saturated rings. The van der Waals surface area contributed by atoms with Crippen LogP contribution in [0.5, 0.6) is 0 Å². The van der Waals surface area contributed by atoms with E-state index in [1.165, 1.54) is 44.1 Å². The Bertz CT molecular complexity index is 147. The first-order chi connectivity index (χ1) is 5.70. The summed E-state index contributed by atoms with van der Waals surface area (Å²) in [6, 6.07) is 0. The van der Waals surface area contributed by atoms with E-state index >= 15 is 0 Å². The van der Waals surface area contributed by atoms with Crippen molar-refractivity contribution in [2.45, 2.75) is 50.8 Å². The van der Waals surface area contributed by atoms with Crippen LogP contribution in [-0.2, 0) is 0 Å². The van der Waals surface area contributed by atoms with E-state index in [0.717, 1.165) is 5.92 Å². The number of alkyl halides is 1. The van der Waals surface area contributed by atoms with Crippen LogP contribution in [0, 0.1) is 5.92 Å². The second kappa shape index (κ2) is 4.91. The molecular weight excluding hydrogens is 168 g/mol. The molecule has 0 nitrogen and oxygen atoms in total. The van der Waals surface area contributed by atoms with Gasteiger partial charge in [0.15, 0.2) is 0 Å². The minimum atomic E-state index is 0.468. The molecular formula is C11H19Cl. The third-order valence-electron chi connectivity index (χ3n) is 2.47. The van der Waals surface area contributed by atoms with E-state index in [1.807, 2.05) is 0 Å². The highest BCUT2D eigenvalue weighted by Gasteiger charge is 2.28. The lowest BCUT2D eigenvalue weighted by Gasteiger charge is -2.06. The Labute approximate surface area is 81.0 Å². The van der Waals surface area contributed by atoms with E-state index in [-0.39, 0.29) is 0 Å². The lowest BCUT2D eigenvalue weighted by atomic mass is 10.1. The average Bonchev–Trinajstić information content (AvgIpc) is 2.79. The second-order valence-electron chi connectivity index (χ2n) is 4.06. The maximum Gasteiger partial charge on any atom is 0.0364 e. The van der Waals surface area contributed by atoms with E-state index in [2.05, 4.69) is 13.5 Å². The Morgan fingerprint density at radius 3 is 2.67 bits per heavy atom. The SMILES string of the molecule is C=C(C)CCCCC(Cl)C1CC1. The summed E-state index contributed by atoms with van der Waals surface area (Å²) < 4.78 is 0. The van der Waals surface area contributed by atoms with E-state index in [9.17, 15) is 0 Å². The lowest BCUT2D eigenvalue weighted by Crippen LogP contribution is -2.00. The van der Waals surface area contributed by atoms with E-state index < -0.39 is 0 Å². The summed E-state index contributed by atoms with van der Waals surface area (Å²) in [6.45, 7) is 5.98. The molecule has 1 saturated carbocycles. The average molecular weight is 187 g/mol. The quantitative estimate of drug-likeness (QED) is 0.332. The molecule has 12 heavy (non-hydrogen) atoms. The summed E-state index contributed by atoms with van der Waals surface area (Å²) in [5.41, 5.74) is 1.30. The molecule has 1 heteroatoms. The number of hydrogen-bond acceptors (Lipinski definition) is 0. The van der Waals surface area contributed by atoms with Crippen molar-refractivity contribution >= 4 is 11.6 Å². The largest absolute Gasteiger partial charge is 0.123 e. The summed E-state index contributed by atoms with van der Waals surface area (Å²) in [4.78, 5) is 0. The van der Waals surface area contributed by atoms with Crippen LogP contribution in [0.1, 0.15) is 45.4 Å². The van der Waals surface area contributed by atoms with Gasteiger partial charge in [-0.1, -0.05) is 12.0 Å². The van der Waals surface area contributed by atoms with Crippen molar-refractivity contribution in [2.24, 2.45) is 5.92 Å². The Hall–Kier alpha value is 0.0300. The highest BCUT2D eigenvalue weighted by molar-refractivity contribution is 6.20. The van der Waals surface area contributed by atoms with Crippen LogP contribution >= 0.6 is 11.6 Å². The standard InChI is InChI=1S/C11H19Cl/c1-9(2)5-3-4-6-11(12)10-7-8-10/h10-11H,1,3-8H2,2H3. The number of unbranched alkanes of at least 4 members (excludes halogenated alkanes) is 1. The van der Waals surface area contributed by atoms with Crippen molar-refractivity contribution in [1.29, 1.82) is 0 Å². The van der Waals surface area contributed by atoms with Crippen molar-refractivity contribution in [3.8, 4) is 0 Å². The highest BCUT2D eigenvalue weighted by atomic mass is 35.5. The zero-order valence-corrected chi connectivity index (χ0v) is 8.74. The third kappa shape index (κ3) is 4.15. The third-order valence-corrected chi connectivity index (χ3v) is 3.04. The minimum absolute atomic E-state index is 0.468. The molecule has 1 unspecified atom stereocenters. The predicted molar refractivity (Wildman–Crippen MR) is 55.6 cm³/mol. The molecule has 1 aliphatic rings. The van der Waals surface area contributed by atoms with Gasteiger partial charge in [-0.05, 0) is 44.9 Å². The molecule has 0 N–H and O–H groups in total. The van der Waals surface area contributed by atoms with Gasteiger partial charge in [-0.3, -0.25) is 0 Å². The lowest BCUT2D eigenvalue weighted by molar-refractivity contribution is 0.609. The van der Waals surface area contributed by atoms with Gasteiger partial charge >= 0.3 is 0 Å². The van der Waals surface area contributed by atoms with Crippen LogP contribution in [0.3, 0.4) is 0 Å². The molecule has 0 aromatic heterocycles. The van der Waals surface area contributed by atoms with Gasteiger partial charge in [0, 0.05) is 5.38 Å². The molecule has 0 saturated heterocycles. The molecule has 1 aliphatic carbocycles. The second-order valence-corrected chi connectivity index (χ2v) is 4.62. The smallest absolute Gasteiger partial charge is 0.0364 e. The fourth-order valence-corrected chi connectivity index (χ4v) is 1.87. The Morgan fingerprint density at radius 2 is 2.17 bits per heavy atom. The number of rotatable bonds is 6. The maximum atomic E-state index is 6.17. The summed E-state index contributed by atoms with van der Waals surface area (Å²) in [6.07, 6.45) is 7.67. The molecule has 0 heterocycles. The summed E-state index contributed by atoms with van der Waals surface area (Å²) in [5.74, 6) is 0.858. The molecule has 1 rings (SSSR count). The van der Waals surface area contributed by atoms with Gasteiger partial charge in [-0.25, -0.2) is 0 Å². The number of hydrogen-bond donors (Lipinski definition) is 0. The molecule has 0 radical (unpaired) electrons. The summed E-state index contributed by atoms with van der Waals surface area (Å²) >= 11 is 6.17. The Kier molecular flexibility index (Phi) is 4.14. The highest BCUT2D eigenvalue weighted by Crippen LogP contribution is 2.37. The summed E-state index contributed by atoms with van der Waals surface area (Å²) in [7, 11) is 0. The van der Waals surface area contributed by atoms with Gasteiger partial charge in [0.2, 0.25) is 0 Å². The molecule has 0 aromatic rings. The van der Waals surface area contributed by atoms with Crippen LogP contribution in [0.25, 0.3) is 0 Å². The van der Waals surface area contributed by atoms with Crippen molar-refractivity contribution in [1.82, 2.24) is 0 Å². The van der Waals surface area contributed by atoms with E-state index in [0.29, 0.717) is 5.38 Å². The molecule has 0 bridgehead atoms. The molecule has 1 atom stereocenters. The van der Waals surface area contributed by atoms with Crippen LogP contribution < -0.4 is 0 Å². The first-order valence-electron chi connectivity index (χ1n) is 4.98. The van der Waals surface area contributed by atoms with Crippen LogP contribution in [0.4, 0.5) is 0 Å².